The lowest BCUT2D eigenvalue weighted by Gasteiger charge is -2.22. The molecule has 1 saturated heterocycles. The van der Waals surface area contributed by atoms with Gasteiger partial charge in [0.15, 0.2) is 0 Å². The summed E-state index contributed by atoms with van der Waals surface area (Å²) in [4.78, 5) is 11.3. The Labute approximate surface area is 79.3 Å². The molecule has 3 nitrogen and oxygen atoms in total. The highest BCUT2D eigenvalue weighted by Crippen LogP contribution is 2.28. The van der Waals surface area contributed by atoms with Gasteiger partial charge in [-0.1, -0.05) is 0 Å². The number of carbonyl (C=O) groups excluding carboxylic acids is 1. The van der Waals surface area contributed by atoms with Gasteiger partial charge >= 0.3 is 0 Å². The summed E-state index contributed by atoms with van der Waals surface area (Å²) in [5, 5.41) is 6.37. The molecular formula is C10H18N2O. The Bertz CT molecular complexity index is 183. The van der Waals surface area contributed by atoms with Gasteiger partial charge in [0.1, 0.15) is 0 Å². The molecule has 74 valence electrons. The van der Waals surface area contributed by atoms with Gasteiger partial charge in [0.2, 0.25) is 5.91 Å². The van der Waals surface area contributed by atoms with Crippen LogP contribution in [0.2, 0.25) is 0 Å². The first-order valence-electron chi connectivity index (χ1n) is 5.34. The van der Waals surface area contributed by atoms with Crippen molar-refractivity contribution in [1.29, 1.82) is 0 Å². The Morgan fingerprint density at radius 2 is 1.92 bits per heavy atom. The van der Waals surface area contributed by atoms with Gasteiger partial charge < -0.3 is 10.6 Å². The minimum absolute atomic E-state index is 0.290. The zero-order chi connectivity index (χ0) is 9.10. The van der Waals surface area contributed by atoms with Crippen LogP contribution in [0.25, 0.3) is 0 Å². The maximum Gasteiger partial charge on any atom is 0.223 e. The van der Waals surface area contributed by atoms with Gasteiger partial charge in [-0.05, 0) is 44.7 Å². The molecule has 0 radical (unpaired) electrons. The number of carbonyl (C=O) groups is 1. The lowest BCUT2D eigenvalue weighted by atomic mass is 9.98. The minimum atomic E-state index is 0.290. The van der Waals surface area contributed by atoms with E-state index in [1.807, 2.05) is 0 Å². The smallest absolute Gasteiger partial charge is 0.223 e. The van der Waals surface area contributed by atoms with Crippen LogP contribution in [0.3, 0.4) is 0 Å². The van der Waals surface area contributed by atoms with E-state index in [4.69, 9.17) is 0 Å². The fraction of sp³-hybridized carbons (Fsp3) is 0.900. The molecule has 0 unspecified atom stereocenters. The minimum Gasteiger partial charge on any atom is -0.356 e. The zero-order valence-electron chi connectivity index (χ0n) is 8.01. The number of hydrogen-bond acceptors (Lipinski definition) is 2. The van der Waals surface area contributed by atoms with Gasteiger partial charge in [0.25, 0.3) is 0 Å². The maximum atomic E-state index is 11.3. The van der Waals surface area contributed by atoms with Crippen molar-refractivity contribution < 1.29 is 4.79 Å². The summed E-state index contributed by atoms with van der Waals surface area (Å²) in [6, 6.07) is 0. The highest BCUT2D eigenvalue weighted by Gasteiger charge is 2.29. The van der Waals surface area contributed by atoms with E-state index in [1.165, 1.54) is 12.8 Å². The summed E-state index contributed by atoms with van der Waals surface area (Å²) in [6.45, 7) is 3.13. The molecule has 13 heavy (non-hydrogen) atoms. The summed E-state index contributed by atoms with van der Waals surface area (Å²) >= 11 is 0. The number of rotatable bonds is 3. The summed E-state index contributed by atoms with van der Waals surface area (Å²) in [5.41, 5.74) is 0. The second-order valence-electron chi connectivity index (χ2n) is 4.21. The Kier molecular flexibility index (Phi) is 2.83. The van der Waals surface area contributed by atoms with Gasteiger partial charge in [-0.25, -0.2) is 0 Å². The van der Waals surface area contributed by atoms with E-state index in [2.05, 4.69) is 10.6 Å². The topological polar surface area (TPSA) is 41.1 Å². The highest BCUT2D eigenvalue weighted by atomic mass is 16.2. The van der Waals surface area contributed by atoms with Crippen LogP contribution in [0.5, 0.6) is 0 Å². The third kappa shape index (κ3) is 2.69. The highest BCUT2D eigenvalue weighted by molar-refractivity contribution is 5.80. The Hall–Kier alpha value is -0.570. The molecule has 2 fully saturated rings. The second kappa shape index (κ2) is 4.09. The Morgan fingerprint density at radius 1 is 1.23 bits per heavy atom. The molecule has 3 heteroatoms. The van der Waals surface area contributed by atoms with Gasteiger partial charge in [0, 0.05) is 12.5 Å². The van der Waals surface area contributed by atoms with Crippen LogP contribution in [-0.2, 0) is 4.79 Å². The summed E-state index contributed by atoms with van der Waals surface area (Å²) in [5.74, 6) is 1.36. The van der Waals surface area contributed by atoms with E-state index < -0.39 is 0 Å². The van der Waals surface area contributed by atoms with Crippen LogP contribution in [0.4, 0.5) is 0 Å². The van der Waals surface area contributed by atoms with Crippen LogP contribution in [0, 0.1) is 11.8 Å². The normalized spacial score (nSPS) is 24.3. The van der Waals surface area contributed by atoms with Crippen LogP contribution >= 0.6 is 0 Å². The van der Waals surface area contributed by atoms with Crippen molar-refractivity contribution in [3.8, 4) is 0 Å². The van der Waals surface area contributed by atoms with E-state index >= 15 is 0 Å². The molecule has 1 amide bonds. The summed E-state index contributed by atoms with van der Waals surface area (Å²) in [6.07, 6.45) is 4.64. The van der Waals surface area contributed by atoms with Crippen molar-refractivity contribution in [3.63, 3.8) is 0 Å². The third-order valence-corrected chi connectivity index (χ3v) is 2.97. The Morgan fingerprint density at radius 3 is 2.54 bits per heavy atom. The molecular weight excluding hydrogens is 164 g/mol. The van der Waals surface area contributed by atoms with Crippen LogP contribution in [0.1, 0.15) is 25.7 Å². The first kappa shape index (κ1) is 9.00. The molecule has 1 heterocycles. The standard InChI is InChI=1S/C10H18N2O/c13-10(9-1-2-9)12-7-8-3-5-11-6-4-8/h8-9,11H,1-7H2,(H,12,13). The van der Waals surface area contributed by atoms with Crippen molar-refractivity contribution in [3.05, 3.63) is 0 Å². The van der Waals surface area contributed by atoms with Crippen molar-refractivity contribution >= 4 is 5.91 Å². The third-order valence-electron chi connectivity index (χ3n) is 2.97. The number of piperidine rings is 1. The summed E-state index contributed by atoms with van der Waals surface area (Å²) < 4.78 is 0. The second-order valence-corrected chi connectivity index (χ2v) is 4.21. The van der Waals surface area contributed by atoms with E-state index in [1.54, 1.807) is 0 Å². The first-order chi connectivity index (χ1) is 6.36. The average Bonchev–Trinajstić information content (AvgIpc) is 2.99. The monoisotopic (exact) mass is 182 g/mol. The quantitative estimate of drug-likeness (QED) is 0.668. The number of hydrogen-bond donors (Lipinski definition) is 2. The lowest BCUT2D eigenvalue weighted by Crippen LogP contribution is -2.36. The maximum absolute atomic E-state index is 11.3. The number of amides is 1. The average molecular weight is 182 g/mol. The molecule has 1 aliphatic carbocycles. The molecule has 1 saturated carbocycles. The molecule has 2 N–H and O–H groups in total. The van der Waals surface area contributed by atoms with Crippen molar-refractivity contribution in [1.82, 2.24) is 10.6 Å². The number of nitrogens with one attached hydrogen (secondary N) is 2. The SMILES string of the molecule is O=C(NCC1CCNCC1)C1CC1. The Balaban J connectivity index is 1.62. The van der Waals surface area contributed by atoms with Crippen molar-refractivity contribution in [2.45, 2.75) is 25.7 Å². The molecule has 2 aliphatic rings. The largest absolute Gasteiger partial charge is 0.356 e. The zero-order valence-corrected chi connectivity index (χ0v) is 8.01. The van der Waals surface area contributed by atoms with Crippen molar-refractivity contribution in [2.75, 3.05) is 19.6 Å². The molecule has 2 rings (SSSR count). The van der Waals surface area contributed by atoms with Gasteiger partial charge in [0.05, 0.1) is 0 Å². The fourth-order valence-electron chi connectivity index (χ4n) is 1.82. The molecule has 0 aromatic heterocycles. The van der Waals surface area contributed by atoms with Crippen LogP contribution < -0.4 is 10.6 Å². The van der Waals surface area contributed by atoms with Gasteiger partial charge in [-0.3, -0.25) is 4.79 Å². The molecule has 0 atom stereocenters. The van der Waals surface area contributed by atoms with E-state index in [9.17, 15) is 4.79 Å². The molecule has 0 spiro atoms. The molecule has 0 aromatic carbocycles. The predicted octanol–water partition coefficient (Wildman–Crippen LogP) is 0.512. The fourth-order valence-corrected chi connectivity index (χ4v) is 1.82. The van der Waals surface area contributed by atoms with E-state index in [-0.39, 0.29) is 0 Å². The lowest BCUT2D eigenvalue weighted by molar-refractivity contribution is -0.122. The first-order valence-corrected chi connectivity index (χ1v) is 5.34. The van der Waals surface area contributed by atoms with Gasteiger partial charge in [-0.2, -0.15) is 0 Å². The van der Waals surface area contributed by atoms with E-state index in [0.29, 0.717) is 17.7 Å². The van der Waals surface area contributed by atoms with E-state index in [0.717, 1.165) is 32.5 Å². The summed E-state index contributed by atoms with van der Waals surface area (Å²) in [7, 11) is 0. The van der Waals surface area contributed by atoms with Gasteiger partial charge in [-0.15, -0.1) is 0 Å². The predicted molar refractivity (Wildman–Crippen MR) is 51.3 cm³/mol. The van der Waals surface area contributed by atoms with Crippen LogP contribution in [-0.4, -0.2) is 25.5 Å². The molecule has 0 aromatic rings. The van der Waals surface area contributed by atoms with Crippen molar-refractivity contribution in [2.24, 2.45) is 11.8 Å². The van der Waals surface area contributed by atoms with Crippen LogP contribution in [0.15, 0.2) is 0 Å². The molecule has 0 bridgehead atoms. The molecule has 1 aliphatic heterocycles.